The van der Waals surface area contributed by atoms with Crippen molar-refractivity contribution in [3.63, 3.8) is 0 Å². The average molecular weight is 432 g/mol. The summed E-state index contributed by atoms with van der Waals surface area (Å²) in [7, 11) is 0. The number of nitrogens with zero attached hydrogens (tertiary/aromatic N) is 1. The molecule has 4 nitrogen and oxygen atoms in total. The van der Waals surface area contributed by atoms with Gasteiger partial charge in [-0.05, 0) is 47.3 Å². The van der Waals surface area contributed by atoms with Crippen LogP contribution in [0.1, 0.15) is 10.4 Å². The molecule has 0 saturated heterocycles. The predicted octanol–water partition coefficient (Wildman–Crippen LogP) is 5.88. The molecule has 0 radical (unpaired) electrons. The van der Waals surface area contributed by atoms with Crippen molar-refractivity contribution >= 4 is 83.9 Å². The van der Waals surface area contributed by atoms with E-state index in [4.69, 9.17) is 35.4 Å². The number of anilines is 1. The molecule has 2 N–H and O–H groups in total. The maximum atomic E-state index is 12.5. The summed E-state index contributed by atoms with van der Waals surface area (Å²) in [5, 5.41) is 9.17. The number of aromatic nitrogens is 1. The smallest absolute Gasteiger partial charge is 0.257 e. The van der Waals surface area contributed by atoms with Gasteiger partial charge in [-0.15, -0.1) is 0 Å². The van der Waals surface area contributed by atoms with Gasteiger partial charge in [0.05, 0.1) is 14.7 Å². The van der Waals surface area contributed by atoms with Crippen LogP contribution in [0.4, 0.5) is 5.13 Å². The Labute approximate surface area is 174 Å². The van der Waals surface area contributed by atoms with Crippen molar-refractivity contribution in [1.29, 1.82) is 0 Å². The average Bonchev–Trinajstić information content (AvgIpc) is 3.07. The third-order valence-corrected chi connectivity index (χ3v) is 5.85. The largest absolute Gasteiger partial charge is 0.308 e. The Morgan fingerprint density at radius 3 is 2.63 bits per heavy atom. The number of halogens is 2. The van der Waals surface area contributed by atoms with Crippen molar-refractivity contribution < 1.29 is 4.79 Å². The first-order chi connectivity index (χ1) is 13.0. The highest BCUT2D eigenvalue weighted by Gasteiger charge is 2.13. The van der Waals surface area contributed by atoms with Crippen LogP contribution in [-0.2, 0) is 0 Å². The van der Waals surface area contributed by atoms with Gasteiger partial charge in [-0.1, -0.05) is 64.9 Å². The van der Waals surface area contributed by atoms with E-state index in [1.54, 1.807) is 12.1 Å². The summed E-state index contributed by atoms with van der Waals surface area (Å²) in [6, 6.07) is 16.9. The monoisotopic (exact) mass is 431 g/mol. The highest BCUT2D eigenvalue weighted by Crippen LogP contribution is 2.35. The van der Waals surface area contributed by atoms with Crippen LogP contribution in [0.5, 0.6) is 0 Å². The Morgan fingerprint density at radius 1 is 1.04 bits per heavy atom. The summed E-state index contributed by atoms with van der Waals surface area (Å²) < 4.78 is 0.871. The summed E-state index contributed by atoms with van der Waals surface area (Å²) in [6.07, 6.45) is 0. The maximum Gasteiger partial charge on any atom is 0.257 e. The number of rotatable bonds is 2. The number of fused-ring (bicyclic) bond motifs is 2. The number of carbonyl (C=O) groups excluding carboxylic acids is 1. The fourth-order valence-corrected chi connectivity index (χ4v) is 4.17. The second kappa shape index (κ2) is 7.40. The summed E-state index contributed by atoms with van der Waals surface area (Å²) in [6.45, 7) is 0. The molecule has 27 heavy (non-hydrogen) atoms. The molecule has 4 rings (SSSR count). The van der Waals surface area contributed by atoms with Crippen molar-refractivity contribution in [2.75, 3.05) is 5.32 Å². The number of thiocarbonyl (C=S) groups is 1. The molecule has 0 aliphatic heterocycles. The summed E-state index contributed by atoms with van der Waals surface area (Å²) in [4.78, 5) is 16.9. The lowest BCUT2D eigenvalue weighted by molar-refractivity contribution is 0.0978. The molecular formula is C19H11Cl2N3OS2. The zero-order valence-corrected chi connectivity index (χ0v) is 16.8. The van der Waals surface area contributed by atoms with E-state index in [1.165, 1.54) is 11.3 Å². The van der Waals surface area contributed by atoms with E-state index in [2.05, 4.69) is 15.6 Å². The highest BCUT2D eigenvalue weighted by atomic mass is 35.5. The van der Waals surface area contributed by atoms with Crippen LogP contribution in [-0.4, -0.2) is 16.0 Å². The van der Waals surface area contributed by atoms with Gasteiger partial charge in [-0.2, -0.15) is 0 Å². The second-order valence-electron chi connectivity index (χ2n) is 5.70. The molecule has 8 heteroatoms. The van der Waals surface area contributed by atoms with Gasteiger partial charge in [0, 0.05) is 5.56 Å². The van der Waals surface area contributed by atoms with E-state index >= 15 is 0 Å². The Bertz CT molecular complexity index is 1210. The molecule has 0 spiro atoms. The third kappa shape index (κ3) is 3.75. The number of hydrogen-bond acceptors (Lipinski definition) is 4. The fourth-order valence-electron chi connectivity index (χ4n) is 2.62. The lowest BCUT2D eigenvalue weighted by Gasteiger charge is -2.08. The van der Waals surface area contributed by atoms with Crippen molar-refractivity contribution in [3.8, 4) is 0 Å². The molecular weight excluding hydrogens is 421 g/mol. The quantitative estimate of drug-likeness (QED) is 0.388. The first-order valence-corrected chi connectivity index (χ1v) is 9.85. The van der Waals surface area contributed by atoms with E-state index in [-0.39, 0.29) is 11.0 Å². The number of carbonyl (C=O) groups is 1. The molecule has 1 aromatic heterocycles. The molecule has 134 valence electrons. The van der Waals surface area contributed by atoms with Crippen LogP contribution < -0.4 is 10.6 Å². The number of nitrogens with one attached hydrogen (secondary N) is 2. The predicted molar refractivity (Wildman–Crippen MR) is 117 cm³/mol. The molecule has 0 aliphatic rings. The molecule has 0 unspecified atom stereocenters. The fraction of sp³-hybridized carbons (Fsp3) is 0. The van der Waals surface area contributed by atoms with Gasteiger partial charge in [-0.25, -0.2) is 4.98 Å². The van der Waals surface area contributed by atoms with Crippen molar-refractivity contribution in [1.82, 2.24) is 10.3 Å². The molecule has 4 aromatic rings. The minimum Gasteiger partial charge on any atom is -0.308 e. The number of hydrogen-bond donors (Lipinski definition) is 2. The summed E-state index contributed by atoms with van der Waals surface area (Å²) >= 11 is 18.8. The van der Waals surface area contributed by atoms with Crippen molar-refractivity contribution in [2.45, 2.75) is 0 Å². The van der Waals surface area contributed by atoms with Gasteiger partial charge in [0.1, 0.15) is 5.52 Å². The Morgan fingerprint density at radius 2 is 1.81 bits per heavy atom. The molecule has 3 aromatic carbocycles. The standard InChI is InChI=1S/C19H11Cl2N3OS2/c20-13-7-8-14-16(15(13)21)22-19(27-14)24-18(26)23-17(25)12-6-5-10-3-1-2-4-11(10)9-12/h1-9H,(H2,22,23,24,25,26). The molecule has 0 fully saturated rings. The number of benzene rings is 3. The zero-order valence-electron chi connectivity index (χ0n) is 13.6. The van der Waals surface area contributed by atoms with Crippen LogP contribution in [0, 0.1) is 0 Å². The normalized spacial score (nSPS) is 10.9. The number of thiazole rings is 1. The second-order valence-corrected chi connectivity index (χ2v) is 7.92. The minimum atomic E-state index is -0.291. The van der Waals surface area contributed by atoms with Crippen molar-refractivity contribution in [3.05, 3.63) is 70.2 Å². The van der Waals surface area contributed by atoms with Crippen molar-refractivity contribution in [2.24, 2.45) is 0 Å². The van der Waals surface area contributed by atoms with Gasteiger partial charge >= 0.3 is 0 Å². The summed E-state index contributed by atoms with van der Waals surface area (Å²) in [5.74, 6) is -0.291. The Kier molecular flexibility index (Phi) is 4.97. The van der Waals surface area contributed by atoms with Gasteiger partial charge in [0.25, 0.3) is 5.91 Å². The molecule has 1 amide bonds. The molecule has 0 saturated carbocycles. The topological polar surface area (TPSA) is 54.0 Å². The van der Waals surface area contributed by atoms with E-state index in [1.807, 2.05) is 42.5 Å². The zero-order chi connectivity index (χ0) is 19.0. The van der Waals surface area contributed by atoms with Crippen LogP contribution in [0.2, 0.25) is 10.0 Å². The van der Waals surface area contributed by atoms with E-state index in [0.717, 1.165) is 15.5 Å². The van der Waals surface area contributed by atoms with Crippen LogP contribution in [0.3, 0.4) is 0 Å². The van der Waals surface area contributed by atoms with Gasteiger partial charge in [0.15, 0.2) is 10.2 Å². The SMILES string of the molecule is O=C(NC(=S)Nc1nc2c(Cl)c(Cl)ccc2s1)c1ccc2ccccc2c1. The third-order valence-electron chi connectivity index (χ3n) is 3.91. The van der Waals surface area contributed by atoms with Gasteiger partial charge < -0.3 is 5.32 Å². The molecule has 0 atom stereocenters. The maximum absolute atomic E-state index is 12.5. The first-order valence-electron chi connectivity index (χ1n) is 7.87. The highest BCUT2D eigenvalue weighted by molar-refractivity contribution is 7.80. The number of amides is 1. The van der Waals surface area contributed by atoms with E-state index in [0.29, 0.717) is 26.3 Å². The molecule has 0 bridgehead atoms. The minimum absolute atomic E-state index is 0.162. The molecule has 1 heterocycles. The lowest BCUT2D eigenvalue weighted by Crippen LogP contribution is -2.34. The van der Waals surface area contributed by atoms with Gasteiger partial charge in [-0.3, -0.25) is 10.1 Å². The van der Waals surface area contributed by atoms with Gasteiger partial charge in [0.2, 0.25) is 0 Å². The lowest BCUT2D eigenvalue weighted by atomic mass is 10.1. The molecule has 0 aliphatic carbocycles. The van der Waals surface area contributed by atoms with Crippen LogP contribution in [0.25, 0.3) is 21.0 Å². The summed E-state index contributed by atoms with van der Waals surface area (Å²) in [5.41, 5.74) is 1.12. The first kappa shape index (κ1) is 18.1. The van der Waals surface area contributed by atoms with Crippen LogP contribution >= 0.6 is 46.8 Å². The Hall–Kier alpha value is -2.25. The van der Waals surface area contributed by atoms with Crippen LogP contribution in [0.15, 0.2) is 54.6 Å². The van der Waals surface area contributed by atoms with E-state index in [9.17, 15) is 4.79 Å². The van der Waals surface area contributed by atoms with E-state index < -0.39 is 0 Å². The Balaban J connectivity index is 1.50.